The van der Waals surface area contributed by atoms with Crippen LogP contribution >= 0.6 is 12.2 Å². The van der Waals surface area contributed by atoms with Gasteiger partial charge in [0.15, 0.2) is 5.78 Å². The third-order valence-corrected chi connectivity index (χ3v) is 3.74. The van der Waals surface area contributed by atoms with E-state index in [0.717, 1.165) is 28.7 Å². The minimum atomic E-state index is 0.196. The quantitative estimate of drug-likeness (QED) is 0.594. The Hall–Kier alpha value is -1.80. The molecule has 0 aromatic heterocycles. The van der Waals surface area contributed by atoms with Crippen molar-refractivity contribution >= 4 is 23.4 Å². The average Bonchev–Trinajstić information content (AvgIpc) is 2.45. The van der Waals surface area contributed by atoms with Crippen LogP contribution in [0.25, 0.3) is 0 Å². The Balaban J connectivity index is 2.10. The van der Waals surface area contributed by atoms with Crippen molar-refractivity contribution in [3.8, 4) is 0 Å². The molecule has 2 rings (SSSR count). The highest BCUT2D eigenvalue weighted by Crippen LogP contribution is 2.15. The summed E-state index contributed by atoms with van der Waals surface area (Å²) in [6.07, 6.45) is 1.25. The van der Waals surface area contributed by atoms with Gasteiger partial charge in [-0.05, 0) is 37.0 Å². The Morgan fingerprint density at radius 2 is 1.90 bits per heavy atom. The maximum atomic E-state index is 12.3. The van der Waals surface area contributed by atoms with E-state index in [1.165, 1.54) is 5.56 Å². The molecule has 0 aliphatic carbocycles. The summed E-state index contributed by atoms with van der Waals surface area (Å²) in [7, 11) is 0. The minimum absolute atomic E-state index is 0.196. The second-order valence-electron chi connectivity index (χ2n) is 5.06. The van der Waals surface area contributed by atoms with E-state index in [2.05, 4.69) is 6.07 Å². The summed E-state index contributed by atoms with van der Waals surface area (Å²) >= 11 is 5.00. The van der Waals surface area contributed by atoms with Gasteiger partial charge in [-0.15, -0.1) is 0 Å². The van der Waals surface area contributed by atoms with Crippen molar-refractivity contribution in [1.82, 2.24) is 0 Å². The van der Waals surface area contributed by atoms with Crippen molar-refractivity contribution in [2.24, 2.45) is 0 Å². The first-order valence-electron chi connectivity index (χ1n) is 6.75. The summed E-state index contributed by atoms with van der Waals surface area (Å²) in [6.45, 7) is 4.03. The zero-order valence-electron chi connectivity index (χ0n) is 11.8. The summed E-state index contributed by atoms with van der Waals surface area (Å²) in [5.41, 5.74) is 5.25. The maximum Gasteiger partial charge on any atom is 0.163 e. The second-order valence-corrected chi connectivity index (χ2v) is 5.29. The number of aryl methyl sites for hydroxylation is 3. The number of carbonyl (C=O) groups excluding carboxylic acids is 1. The van der Waals surface area contributed by atoms with Crippen LogP contribution in [0.5, 0.6) is 0 Å². The molecule has 102 valence electrons. The minimum Gasteiger partial charge on any atom is -0.294 e. The molecule has 20 heavy (non-hydrogen) atoms. The standard InChI is InChI=1S/C18H18OS/c1-13-7-9-17(14(2)11-13)18(19)10-8-15-5-3-4-6-16(15)12-20/h3-7,9,11-12H,8,10H2,1-2H3. The van der Waals surface area contributed by atoms with Gasteiger partial charge < -0.3 is 0 Å². The SMILES string of the molecule is Cc1ccc(C(=O)CCc2ccccc2C=S)c(C)c1. The largest absolute Gasteiger partial charge is 0.294 e. The molecular weight excluding hydrogens is 264 g/mol. The van der Waals surface area contributed by atoms with Crippen LogP contribution in [0.15, 0.2) is 42.5 Å². The van der Waals surface area contributed by atoms with Gasteiger partial charge in [0.05, 0.1) is 0 Å². The maximum absolute atomic E-state index is 12.3. The van der Waals surface area contributed by atoms with Crippen LogP contribution in [0.4, 0.5) is 0 Å². The highest BCUT2D eigenvalue weighted by Gasteiger charge is 2.10. The van der Waals surface area contributed by atoms with Crippen LogP contribution in [0, 0.1) is 13.8 Å². The lowest BCUT2D eigenvalue weighted by Gasteiger charge is -2.07. The molecule has 0 amide bonds. The number of rotatable bonds is 5. The van der Waals surface area contributed by atoms with Gasteiger partial charge in [0.1, 0.15) is 0 Å². The number of carbonyl (C=O) groups is 1. The van der Waals surface area contributed by atoms with Gasteiger partial charge >= 0.3 is 0 Å². The smallest absolute Gasteiger partial charge is 0.163 e. The highest BCUT2D eigenvalue weighted by atomic mass is 32.1. The fourth-order valence-corrected chi connectivity index (χ4v) is 2.62. The van der Waals surface area contributed by atoms with E-state index in [0.29, 0.717) is 6.42 Å². The molecule has 0 aliphatic rings. The summed E-state index contributed by atoms with van der Waals surface area (Å²) in [5, 5.41) is 1.68. The fourth-order valence-electron chi connectivity index (χ4n) is 2.39. The van der Waals surface area contributed by atoms with Gasteiger partial charge in [-0.25, -0.2) is 0 Å². The van der Waals surface area contributed by atoms with Crippen molar-refractivity contribution in [2.75, 3.05) is 0 Å². The van der Waals surface area contributed by atoms with E-state index in [1.54, 1.807) is 5.37 Å². The third kappa shape index (κ3) is 3.40. The molecule has 0 spiro atoms. The molecule has 1 nitrogen and oxygen atoms in total. The summed E-state index contributed by atoms with van der Waals surface area (Å²) in [6, 6.07) is 14.0. The predicted octanol–water partition coefficient (Wildman–Crippen LogP) is 4.47. The van der Waals surface area contributed by atoms with E-state index in [9.17, 15) is 4.79 Å². The normalized spacial score (nSPS) is 10.3. The molecule has 0 heterocycles. The first kappa shape index (κ1) is 14.6. The predicted molar refractivity (Wildman–Crippen MR) is 87.8 cm³/mol. The molecule has 0 fully saturated rings. The molecule has 2 aromatic rings. The van der Waals surface area contributed by atoms with Gasteiger partial charge in [0.2, 0.25) is 0 Å². The molecule has 0 radical (unpaired) electrons. The average molecular weight is 282 g/mol. The Bertz CT molecular complexity index is 644. The molecule has 2 aromatic carbocycles. The van der Waals surface area contributed by atoms with E-state index in [4.69, 9.17) is 12.2 Å². The second kappa shape index (κ2) is 6.58. The van der Waals surface area contributed by atoms with Crippen LogP contribution in [0.1, 0.15) is 39.0 Å². The molecule has 0 saturated heterocycles. The fraction of sp³-hybridized carbons (Fsp3) is 0.222. The van der Waals surface area contributed by atoms with Gasteiger partial charge in [-0.3, -0.25) is 4.79 Å². The van der Waals surface area contributed by atoms with Crippen molar-refractivity contribution in [2.45, 2.75) is 26.7 Å². The molecule has 0 saturated carbocycles. The molecule has 0 bridgehead atoms. The van der Waals surface area contributed by atoms with E-state index >= 15 is 0 Å². The van der Waals surface area contributed by atoms with Gasteiger partial charge in [-0.2, -0.15) is 0 Å². The Labute approximate surface area is 125 Å². The Morgan fingerprint density at radius 1 is 1.15 bits per heavy atom. The van der Waals surface area contributed by atoms with E-state index in [-0.39, 0.29) is 5.78 Å². The van der Waals surface area contributed by atoms with Gasteiger partial charge in [-0.1, -0.05) is 60.2 Å². The number of hydrogen-bond donors (Lipinski definition) is 0. The number of hydrogen-bond acceptors (Lipinski definition) is 2. The van der Waals surface area contributed by atoms with Crippen molar-refractivity contribution in [1.29, 1.82) is 0 Å². The number of Topliss-reactive ketones (excluding diaryl/α,β-unsaturated/α-hetero) is 1. The summed E-state index contributed by atoms with van der Waals surface area (Å²) in [5.74, 6) is 0.196. The highest BCUT2D eigenvalue weighted by molar-refractivity contribution is 7.79. The number of benzene rings is 2. The molecule has 2 heteroatoms. The third-order valence-electron chi connectivity index (χ3n) is 3.49. The van der Waals surface area contributed by atoms with Crippen molar-refractivity contribution in [3.05, 3.63) is 70.3 Å². The first-order valence-corrected chi connectivity index (χ1v) is 7.22. The van der Waals surface area contributed by atoms with Crippen molar-refractivity contribution in [3.63, 3.8) is 0 Å². The topological polar surface area (TPSA) is 17.1 Å². The van der Waals surface area contributed by atoms with Gasteiger partial charge in [0.25, 0.3) is 0 Å². The van der Waals surface area contributed by atoms with Crippen LogP contribution in [-0.2, 0) is 6.42 Å². The van der Waals surface area contributed by atoms with Crippen LogP contribution in [0.2, 0.25) is 0 Å². The first-order chi connectivity index (χ1) is 9.61. The summed E-state index contributed by atoms with van der Waals surface area (Å²) in [4.78, 5) is 12.3. The Kier molecular flexibility index (Phi) is 4.80. The number of thiocarbonyl (C=S) groups is 1. The monoisotopic (exact) mass is 282 g/mol. The zero-order chi connectivity index (χ0) is 14.5. The van der Waals surface area contributed by atoms with Crippen LogP contribution in [-0.4, -0.2) is 11.2 Å². The van der Waals surface area contributed by atoms with E-state index in [1.807, 2.05) is 50.2 Å². The van der Waals surface area contributed by atoms with Crippen LogP contribution < -0.4 is 0 Å². The van der Waals surface area contributed by atoms with Crippen molar-refractivity contribution < 1.29 is 4.79 Å². The van der Waals surface area contributed by atoms with Gasteiger partial charge in [0, 0.05) is 17.4 Å². The summed E-state index contributed by atoms with van der Waals surface area (Å²) < 4.78 is 0. The molecule has 0 atom stereocenters. The zero-order valence-corrected chi connectivity index (χ0v) is 12.7. The molecular formula is C18H18OS. The van der Waals surface area contributed by atoms with Crippen LogP contribution in [0.3, 0.4) is 0 Å². The number of ketones is 1. The molecule has 0 N–H and O–H groups in total. The molecule has 0 aliphatic heterocycles. The lowest BCUT2D eigenvalue weighted by molar-refractivity contribution is 0.0982. The lowest BCUT2D eigenvalue weighted by Crippen LogP contribution is -2.04. The Morgan fingerprint density at radius 3 is 2.60 bits per heavy atom. The van der Waals surface area contributed by atoms with E-state index < -0.39 is 0 Å². The lowest BCUT2D eigenvalue weighted by atomic mass is 9.96. The molecule has 0 unspecified atom stereocenters.